The Balaban J connectivity index is 0.00000151. The van der Waals surface area contributed by atoms with Gasteiger partial charge in [0.05, 0.1) is 6.54 Å². The predicted octanol–water partition coefficient (Wildman–Crippen LogP) is 6.10. The smallest absolute Gasteiger partial charge is 0.415 e. The van der Waals surface area contributed by atoms with Gasteiger partial charge < -0.3 is 4.74 Å². The zero-order chi connectivity index (χ0) is 19.0. The summed E-state index contributed by atoms with van der Waals surface area (Å²) < 4.78 is 18.6. The van der Waals surface area contributed by atoms with Crippen LogP contribution in [0.2, 0.25) is 0 Å². The topological polar surface area (TPSA) is 29.5 Å². The van der Waals surface area contributed by atoms with Gasteiger partial charge in [-0.25, -0.2) is 9.18 Å². The number of hydrogen-bond donors (Lipinski definition) is 0. The normalized spacial score (nSPS) is 10.5. The number of carbonyl (C=O) groups excluding carboxylic acids is 1. The lowest BCUT2D eigenvalue weighted by molar-refractivity contribution is 0.0577. The highest BCUT2D eigenvalue weighted by molar-refractivity contribution is 5.87. The van der Waals surface area contributed by atoms with Crippen molar-refractivity contribution in [1.82, 2.24) is 0 Å². The first-order chi connectivity index (χ1) is 11.7. The van der Waals surface area contributed by atoms with Crippen LogP contribution < -0.4 is 4.90 Å². The maximum atomic E-state index is 13.2. The van der Waals surface area contributed by atoms with Crippen molar-refractivity contribution in [2.75, 3.05) is 4.90 Å². The zero-order valence-electron chi connectivity index (χ0n) is 16.0. The molecule has 0 heterocycles. The summed E-state index contributed by atoms with van der Waals surface area (Å²) in [6, 6.07) is 13.7. The minimum Gasteiger partial charge on any atom is -0.443 e. The van der Waals surface area contributed by atoms with Gasteiger partial charge >= 0.3 is 6.09 Å². The summed E-state index contributed by atoms with van der Waals surface area (Å²) in [7, 11) is 0. The van der Waals surface area contributed by atoms with Crippen molar-refractivity contribution in [2.24, 2.45) is 0 Å². The monoisotopic (exact) mass is 345 g/mol. The van der Waals surface area contributed by atoms with Crippen molar-refractivity contribution < 1.29 is 13.9 Å². The first-order valence-corrected chi connectivity index (χ1v) is 8.56. The maximum Gasteiger partial charge on any atom is 0.415 e. The fraction of sp³-hybridized carbons (Fsp3) is 0.381. The van der Waals surface area contributed by atoms with Crippen LogP contribution in [0.5, 0.6) is 0 Å². The van der Waals surface area contributed by atoms with Crippen molar-refractivity contribution in [1.29, 1.82) is 0 Å². The molecule has 3 nitrogen and oxygen atoms in total. The van der Waals surface area contributed by atoms with Crippen molar-refractivity contribution in [3.05, 3.63) is 65.5 Å². The van der Waals surface area contributed by atoms with E-state index >= 15 is 0 Å². The lowest BCUT2D eigenvalue weighted by atomic mass is 10.1. The molecule has 0 aromatic heterocycles. The van der Waals surface area contributed by atoms with Crippen LogP contribution >= 0.6 is 0 Å². The Labute approximate surface area is 150 Å². The number of amides is 1. The summed E-state index contributed by atoms with van der Waals surface area (Å²) in [5.74, 6) is -0.339. The quantitative estimate of drug-likeness (QED) is 0.672. The Morgan fingerprint density at radius 3 is 2.20 bits per heavy atom. The summed E-state index contributed by atoms with van der Waals surface area (Å²) in [6.45, 7) is 11.8. The van der Waals surface area contributed by atoms with Crippen molar-refractivity contribution >= 4 is 11.8 Å². The summed E-state index contributed by atoms with van der Waals surface area (Å²) in [5, 5.41) is 0. The van der Waals surface area contributed by atoms with Crippen molar-refractivity contribution in [3.8, 4) is 0 Å². The lowest BCUT2D eigenvalue weighted by Gasteiger charge is -2.27. The average Bonchev–Trinajstić information content (AvgIpc) is 2.54. The molecule has 2 aromatic carbocycles. The summed E-state index contributed by atoms with van der Waals surface area (Å²) >= 11 is 0. The third kappa shape index (κ3) is 6.96. The van der Waals surface area contributed by atoms with E-state index in [9.17, 15) is 9.18 Å². The Kier molecular flexibility index (Phi) is 7.62. The summed E-state index contributed by atoms with van der Waals surface area (Å²) in [4.78, 5) is 14.1. The van der Waals surface area contributed by atoms with Gasteiger partial charge in [-0.1, -0.05) is 43.7 Å². The van der Waals surface area contributed by atoms with Gasteiger partial charge in [0.25, 0.3) is 0 Å². The number of rotatable bonds is 3. The number of ether oxygens (including phenoxy) is 1. The number of aryl methyl sites for hydroxylation is 1. The molecule has 0 saturated carbocycles. The van der Waals surface area contributed by atoms with Gasteiger partial charge in [0.2, 0.25) is 0 Å². The molecular formula is C21H28FNO2. The van der Waals surface area contributed by atoms with Crippen LogP contribution in [0.15, 0.2) is 48.5 Å². The van der Waals surface area contributed by atoms with E-state index < -0.39 is 11.7 Å². The van der Waals surface area contributed by atoms with E-state index in [-0.39, 0.29) is 5.82 Å². The van der Waals surface area contributed by atoms with E-state index in [4.69, 9.17) is 4.74 Å². The molecule has 0 fully saturated rings. The molecule has 0 spiro atoms. The molecule has 0 bridgehead atoms. The fourth-order valence-corrected chi connectivity index (χ4v) is 2.19. The lowest BCUT2D eigenvalue weighted by Crippen LogP contribution is -2.36. The van der Waals surface area contributed by atoms with E-state index in [1.807, 2.05) is 65.8 Å². The molecule has 0 atom stereocenters. The predicted molar refractivity (Wildman–Crippen MR) is 101 cm³/mol. The van der Waals surface area contributed by atoms with Gasteiger partial charge in [-0.2, -0.15) is 0 Å². The second-order valence-electron chi connectivity index (χ2n) is 6.53. The van der Waals surface area contributed by atoms with Crippen LogP contribution in [-0.2, 0) is 11.3 Å². The molecule has 136 valence electrons. The second kappa shape index (κ2) is 9.21. The molecule has 2 rings (SSSR count). The summed E-state index contributed by atoms with van der Waals surface area (Å²) in [5.41, 5.74) is 2.11. The molecule has 0 aliphatic rings. The molecule has 0 unspecified atom stereocenters. The Morgan fingerprint density at radius 1 is 1.08 bits per heavy atom. The minimum absolute atomic E-state index is 0.339. The third-order valence-electron chi connectivity index (χ3n) is 3.18. The van der Waals surface area contributed by atoms with Crippen molar-refractivity contribution in [2.45, 2.75) is 53.7 Å². The molecular weight excluding hydrogens is 317 g/mol. The average molecular weight is 345 g/mol. The second-order valence-corrected chi connectivity index (χ2v) is 6.53. The minimum atomic E-state index is -0.595. The Bertz CT molecular complexity index is 675. The number of nitrogens with zero attached hydrogens (tertiary/aromatic N) is 1. The van der Waals surface area contributed by atoms with Gasteiger partial charge in [0.15, 0.2) is 0 Å². The molecule has 0 aliphatic heterocycles. The molecule has 4 heteroatoms. The van der Waals surface area contributed by atoms with E-state index in [0.29, 0.717) is 12.2 Å². The van der Waals surface area contributed by atoms with E-state index in [1.54, 1.807) is 12.1 Å². The van der Waals surface area contributed by atoms with Crippen LogP contribution in [0.1, 0.15) is 45.7 Å². The highest BCUT2D eigenvalue weighted by Crippen LogP contribution is 2.21. The number of hydrogen-bond acceptors (Lipinski definition) is 2. The van der Waals surface area contributed by atoms with Crippen LogP contribution in [0.3, 0.4) is 0 Å². The van der Waals surface area contributed by atoms with Gasteiger partial charge in [-0.05, 0) is 57.5 Å². The molecule has 0 saturated heterocycles. The zero-order valence-corrected chi connectivity index (χ0v) is 16.0. The standard InChI is InChI=1S/C19H22FNO2.C2H6/c1-14-6-5-7-15(12-14)13-21(18(22)23-19(2,3)4)17-10-8-16(20)9-11-17;1-2/h5-12H,13H2,1-4H3;1-2H3. The Hall–Kier alpha value is -2.36. The van der Waals surface area contributed by atoms with Gasteiger partial charge in [-0.15, -0.1) is 0 Å². The highest BCUT2D eigenvalue weighted by atomic mass is 19.1. The number of halogens is 1. The van der Waals surface area contributed by atoms with Gasteiger partial charge in [0.1, 0.15) is 11.4 Å². The van der Waals surface area contributed by atoms with Gasteiger partial charge in [-0.3, -0.25) is 4.90 Å². The van der Waals surface area contributed by atoms with Crippen molar-refractivity contribution in [3.63, 3.8) is 0 Å². The molecule has 2 aromatic rings. The first kappa shape index (κ1) is 20.7. The number of carbonyl (C=O) groups is 1. The van der Waals surface area contributed by atoms with E-state index in [0.717, 1.165) is 11.1 Å². The molecule has 0 aliphatic carbocycles. The van der Waals surface area contributed by atoms with Crippen LogP contribution in [-0.4, -0.2) is 11.7 Å². The van der Waals surface area contributed by atoms with Crippen LogP contribution in [0.25, 0.3) is 0 Å². The van der Waals surface area contributed by atoms with E-state index in [1.165, 1.54) is 17.0 Å². The molecule has 25 heavy (non-hydrogen) atoms. The highest BCUT2D eigenvalue weighted by Gasteiger charge is 2.23. The largest absolute Gasteiger partial charge is 0.443 e. The fourth-order valence-electron chi connectivity index (χ4n) is 2.19. The first-order valence-electron chi connectivity index (χ1n) is 8.56. The number of benzene rings is 2. The van der Waals surface area contributed by atoms with Crippen LogP contribution in [0, 0.1) is 12.7 Å². The van der Waals surface area contributed by atoms with Crippen LogP contribution in [0.4, 0.5) is 14.9 Å². The Morgan fingerprint density at radius 2 is 1.68 bits per heavy atom. The SMILES string of the molecule is CC.Cc1cccc(CN(C(=O)OC(C)(C)C)c2ccc(F)cc2)c1. The van der Waals surface area contributed by atoms with E-state index in [2.05, 4.69) is 0 Å². The summed E-state index contributed by atoms with van der Waals surface area (Å²) in [6.07, 6.45) is -0.453. The molecule has 1 amide bonds. The molecule has 0 radical (unpaired) electrons. The molecule has 0 N–H and O–H groups in total. The number of anilines is 1. The maximum absolute atomic E-state index is 13.2. The third-order valence-corrected chi connectivity index (χ3v) is 3.18. The van der Waals surface area contributed by atoms with Gasteiger partial charge in [0, 0.05) is 5.69 Å².